The highest BCUT2D eigenvalue weighted by molar-refractivity contribution is 6.46. The molecule has 1 unspecified atom stereocenters. The topological polar surface area (TPSA) is 106 Å². The molecule has 1 aromatic heterocycles. The summed E-state index contributed by atoms with van der Waals surface area (Å²) in [6.07, 6.45) is 3.18. The lowest BCUT2D eigenvalue weighted by molar-refractivity contribution is -0.140. The Labute approximate surface area is 227 Å². The van der Waals surface area contributed by atoms with Crippen molar-refractivity contribution in [2.75, 3.05) is 13.2 Å². The minimum Gasteiger partial charge on any atom is -0.507 e. The third-order valence-corrected chi connectivity index (χ3v) is 6.56. The molecule has 0 spiro atoms. The summed E-state index contributed by atoms with van der Waals surface area (Å²) in [4.78, 5) is 44.4. The SMILES string of the molecule is CCOC(=O)c1ccc(CN2C(=O)C(=O)/C(=C(\O)c3ccc(OCC)c(C(C)C)c3)C2c2cccnc2)cc1. The Hall–Kier alpha value is -4.46. The van der Waals surface area contributed by atoms with Crippen LogP contribution in [-0.4, -0.2) is 45.9 Å². The number of esters is 1. The maximum Gasteiger partial charge on any atom is 0.338 e. The van der Waals surface area contributed by atoms with Crippen LogP contribution in [0.25, 0.3) is 5.76 Å². The smallest absolute Gasteiger partial charge is 0.338 e. The molecule has 3 aromatic rings. The first-order valence-electron chi connectivity index (χ1n) is 13.0. The van der Waals surface area contributed by atoms with Gasteiger partial charge < -0.3 is 19.5 Å². The van der Waals surface area contributed by atoms with E-state index in [4.69, 9.17) is 9.47 Å². The van der Waals surface area contributed by atoms with E-state index >= 15 is 0 Å². The van der Waals surface area contributed by atoms with E-state index < -0.39 is 23.7 Å². The molecule has 202 valence electrons. The summed E-state index contributed by atoms with van der Waals surface area (Å²) in [5.41, 5.74) is 3.00. The maximum absolute atomic E-state index is 13.4. The average molecular weight is 529 g/mol. The van der Waals surface area contributed by atoms with Crippen LogP contribution in [0.5, 0.6) is 5.75 Å². The van der Waals surface area contributed by atoms with E-state index in [0.29, 0.717) is 34.6 Å². The van der Waals surface area contributed by atoms with Gasteiger partial charge in [0.25, 0.3) is 11.7 Å². The van der Waals surface area contributed by atoms with Crippen LogP contribution in [0.1, 0.15) is 72.3 Å². The van der Waals surface area contributed by atoms with E-state index in [1.807, 2.05) is 20.8 Å². The van der Waals surface area contributed by atoms with Crippen LogP contribution in [0.4, 0.5) is 0 Å². The number of benzene rings is 2. The largest absolute Gasteiger partial charge is 0.507 e. The molecule has 1 saturated heterocycles. The molecule has 1 amide bonds. The van der Waals surface area contributed by atoms with Crippen molar-refractivity contribution >= 4 is 23.4 Å². The van der Waals surface area contributed by atoms with Crippen molar-refractivity contribution in [1.29, 1.82) is 0 Å². The number of hydrogen-bond acceptors (Lipinski definition) is 7. The number of nitrogens with zero attached hydrogens (tertiary/aromatic N) is 2. The van der Waals surface area contributed by atoms with E-state index in [-0.39, 0.29) is 30.4 Å². The van der Waals surface area contributed by atoms with Gasteiger partial charge in [-0.2, -0.15) is 0 Å². The first-order valence-corrected chi connectivity index (χ1v) is 13.0. The third kappa shape index (κ3) is 5.70. The summed E-state index contributed by atoms with van der Waals surface area (Å²) in [5.74, 6) is -1.38. The molecule has 2 aromatic carbocycles. The van der Waals surface area contributed by atoms with E-state index in [2.05, 4.69) is 4.98 Å². The zero-order chi connectivity index (χ0) is 28.1. The van der Waals surface area contributed by atoms with Gasteiger partial charge in [-0.05, 0) is 72.9 Å². The Kier molecular flexibility index (Phi) is 8.44. The number of aliphatic hydroxyl groups is 1. The first-order chi connectivity index (χ1) is 18.8. The van der Waals surface area contributed by atoms with Gasteiger partial charge in [0.1, 0.15) is 11.5 Å². The van der Waals surface area contributed by atoms with Gasteiger partial charge in [-0.15, -0.1) is 0 Å². The third-order valence-electron chi connectivity index (χ3n) is 6.56. The molecular formula is C31H32N2O6. The van der Waals surface area contributed by atoms with Crippen molar-refractivity contribution in [3.05, 3.63) is 100 Å². The lowest BCUT2D eigenvalue weighted by Gasteiger charge is -2.25. The summed E-state index contributed by atoms with van der Waals surface area (Å²) in [6, 6.07) is 14.6. The van der Waals surface area contributed by atoms with Crippen molar-refractivity contribution in [1.82, 2.24) is 9.88 Å². The monoisotopic (exact) mass is 528 g/mol. The normalized spacial score (nSPS) is 16.5. The van der Waals surface area contributed by atoms with Crippen molar-refractivity contribution in [2.24, 2.45) is 0 Å². The fourth-order valence-corrected chi connectivity index (χ4v) is 4.67. The molecule has 4 rings (SSSR count). The number of hydrogen-bond donors (Lipinski definition) is 1. The Bertz CT molecular complexity index is 1400. The summed E-state index contributed by atoms with van der Waals surface area (Å²) >= 11 is 0. The molecular weight excluding hydrogens is 496 g/mol. The summed E-state index contributed by atoms with van der Waals surface area (Å²) in [5, 5.41) is 11.5. The molecule has 8 nitrogen and oxygen atoms in total. The van der Waals surface area contributed by atoms with Crippen LogP contribution in [0.3, 0.4) is 0 Å². The number of amides is 1. The van der Waals surface area contributed by atoms with E-state index in [1.165, 1.54) is 4.90 Å². The lowest BCUT2D eigenvalue weighted by atomic mass is 9.93. The molecule has 0 bridgehead atoms. The Morgan fingerprint density at radius 1 is 1.03 bits per heavy atom. The second kappa shape index (κ2) is 11.9. The van der Waals surface area contributed by atoms with E-state index in [1.54, 1.807) is 73.9 Å². The summed E-state index contributed by atoms with van der Waals surface area (Å²) in [6.45, 7) is 8.52. The first kappa shape index (κ1) is 27.6. The molecule has 1 aliphatic heterocycles. The van der Waals surface area contributed by atoms with Crippen LogP contribution in [0.15, 0.2) is 72.6 Å². The average Bonchev–Trinajstić information content (AvgIpc) is 3.19. The summed E-state index contributed by atoms with van der Waals surface area (Å²) < 4.78 is 10.8. The van der Waals surface area contributed by atoms with Gasteiger partial charge in [-0.25, -0.2) is 4.79 Å². The number of aromatic nitrogens is 1. The second-order valence-corrected chi connectivity index (χ2v) is 9.47. The molecule has 0 aliphatic carbocycles. The van der Waals surface area contributed by atoms with Gasteiger partial charge in [-0.3, -0.25) is 14.6 Å². The van der Waals surface area contributed by atoms with Crippen LogP contribution >= 0.6 is 0 Å². The van der Waals surface area contributed by atoms with Gasteiger partial charge in [0.2, 0.25) is 0 Å². The number of ether oxygens (including phenoxy) is 2. The molecule has 1 fully saturated rings. The highest BCUT2D eigenvalue weighted by atomic mass is 16.5. The number of carbonyl (C=O) groups excluding carboxylic acids is 3. The number of Topliss-reactive ketones (excluding diaryl/α,β-unsaturated/α-hetero) is 1. The zero-order valence-corrected chi connectivity index (χ0v) is 22.5. The number of carbonyl (C=O) groups is 3. The summed E-state index contributed by atoms with van der Waals surface area (Å²) in [7, 11) is 0. The Balaban J connectivity index is 1.77. The van der Waals surface area contributed by atoms with E-state index in [0.717, 1.165) is 5.56 Å². The van der Waals surface area contributed by atoms with Crippen LogP contribution in [0.2, 0.25) is 0 Å². The van der Waals surface area contributed by atoms with Crippen LogP contribution in [0, 0.1) is 0 Å². The van der Waals surface area contributed by atoms with Gasteiger partial charge >= 0.3 is 5.97 Å². The predicted molar refractivity (Wildman–Crippen MR) is 146 cm³/mol. The molecule has 8 heteroatoms. The quantitative estimate of drug-likeness (QED) is 0.171. The van der Waals surface area contributed by atoms with Crippen molar-refractivity contribution in [3.8, 4) is 5.75 Å². The van der Waals surface area contributed by atoms with Crippen molar-refractivity contribution in [3.63, 3.8) is 0 Å². The van der Waals surface area contributed by atoms with Gasteiger partial charge in [0.05, 0.1) is 30.4 Å². The van der Waals surface area contributed by atoms with Gasteiger partial charge in [-0.1, -0.05) is 32.0 Å². The second-order valence-electron chi connectivity index (χ2n) is 9.47. The molecule has 0 saturated carbocycles. The minimum absolute atomic E-state index is 0.00462. The molecule has 39 heavy (non-hydrogen) atoms. The van der Waals surface area contributed by atoms with Crippen molar-refractivity contribution < 1.29 is 29.0 Å². The van der Waals surface area contributed by atoms with Gasteiger partial charge in [0, 0.05) is 24.5 Å². The van der Waals surface area contributed by atoms with Gasteiger partial charge in [0.15, 0.2) is 0 Å². The Morgan fingerprint density at radius 3 is 2.36 bits per heavy atom. The van der Waals surface area contributed by atoms with Crippen LogP contribution in [-0.2, 0) is 20.9 Å². The number of pyridine rings is 1. The van der Waals surface area contributed by atoms with Crippen LogP contribution < -0.4 is 4.74 Å². The zero-order valence-electron chi connectivity index (χ0n) is 22.5. The maximum atomic E-state index is 13.4. The Morgan fingerprint density at radius 2 is 1.74 bits per heavy atom. The standard InChI is InChI=1S/C31H32N2O6/c1-5-38-25-14-13-22(16-24(25)19(3)4)28(34)26-27(23-8-7-15-32-17-23)33(30(36)29(26)35)18-20-9-11-21(12-10-20)31(37)39-6-2/h7-17,19,27,34H,5-6,18H2,1-4H3/b28-26-. The fraction of sp³-hybridized carbons (Fsp3) is 0.290. The molecule has 1 N–H and O–H groups in total. The lowest BCUT2D eigenvalue weighted by Crippen LogP contribution is -2.29. The molecule has 2 heterocycles. The minimum atomic E-state index is -0.850. The molecule has 0 radical (unpaired) electrons. The number of aliphatic hydroxyl groups excluding tert-OH is 1. The predicted octanol–water partition coefficient (Wildman–Crippen LogP) is 5.40. The number of ketones is 1. The highest BCUT2D eigenvalue weighted by Crippen LogP contribution is 2.41. The number of rotatable bonds is 9. The molecule has 1 aliphatic rings. The van der Waals surface area contributed by atoms with Crippen molar-refractivity contribution in [2.45, 2.75) is 46.2 Å². The molecule has 1 atom stereocenters. The fourth-order valence-electron chi connectivity index (χ4n) is 4.67. The number of likely N-dealkylation sites (tertiary alicyclic amines) is 1. The van der Waals surface area contributed by atoms with E-state index in [9.17, 15) is 19.5 Å². The highest BCUT2D eigenvalue weighted by Gasteiger charge is 2.46.